The zero-order valence-corrected chi connectivity index (χ0v) is 17.4. The maximum atomic E-state index is 13.4. The molecule has 6 nitrogen and oxygen atoms in total. The van der Waals surface area contributed by atoms with Crippen molar-refractivity contribution in [3.63, 3.8) is 0 Å². The zero-order chi connectivity index (χ0) is 20.1. The molecule has 1 saturated heterocycles. The fourth-order valence-electron chi connectivity index (χ4n) is 3.65. The maximum absolute atomic E-state index is 13.4. The number of aromatic nitrogens is 2. The topological polar surface area (TPSA) is 52.6 Å². The monoisotopic (exact) mass is 381 g/mol. The third-order valence-corrected chi connectivity index (χ3v) is 5.39. The van der Waals surface area contributed by atoms with E-state index in [0.717, 1.165) is 50.3 Å². The average molecular weight is 382 g/mol. The number of carbonyl (C=O) groups is 1. The number of benzene rings is 1. The summed E-state index contributed by atoms with van der Waals surface area (Å²) in [5, 5.41) is 0. The second-order valence-electron chi connectivity index (χ2n) is 7.88. The van der Waals surface area contributed by atoms with Crippen LogP contribution >= 0.6 is 0 Å². The molecule has 0 bridgehead atoms. The Morgan fingerprint density at radius 2 is 1.93 bits per heavy atom. The first-order valence-corrected chi connectivity index (χ1v) is 9.99. The van der Waals surface area contributed by atoms with E-state index in [4.69, 9.17) is 0 Å². The first-order valence-electron chi connectivity index (χ1n) is 9.99. The number of hydrogen-bond acceptors (Lipinski definition) is 5. The highest BCUT2D eigenvalue weighted by atomic mass is 16.2. The molecule has 0 spiro atoms. The van der Waals surface area contributed by atoms with Crippen molar-refractivity contribution in [1.29, 1.82) is 0 Å². The highest BCUT2D eigenvalue weighted by molar-refractivity contribution is 5.99. The van der Waals surface area contributed by atoms with Gasteiger partial charge in [-0.3, -0.25) is 4.79 Å². The summed E-state index contributed by atoms with van der Waals surface area (Å²) >= 11 is 0. The Labute approximate surface area is 168 Å². The number of piperidine rings is 1. The Morgan fingerprint density at radius 1 is 1.18 bits per heavy atom. The van der Waals surface area contributed by atoms with Gasteiger partial charge in [-0.25, -0.2) is 9.97 Å². The van der Waals surface area contributed by atoms with Gasteiger partial charge in [0.2, 0.25) is 0 Å². The van der Waals surface area contributed by atoms with Crippen LogP contribution in [-0.2, 0) is 0 Å². The molecule has 0 aliphatic carbocycles. The van der Waals surface area contributed by atoms with E-state index in [1.807, 2.05) is 42.2 Å². The lowest BCUT2D eigenvalue weighted by atomic mass is 10.0. The molecule has 0 unspecified atom stereocenters. The summed E-state index contributed by atoms with van der Waals surface area (Å²) in [6, 6.07) is 10.3. The SMILES string of the molecule is Cc1ncc(C(=O)N2CCC[C@@H](N(C)CCN(C)C)C2)c(-c2ccccc2)n1. The fourth-order valence-corrected chi connectivity index (χ4v) is 3.65. The molecule has 150 valence electrons. The van der Waals surface area contributed by atoms with Gasteiger partial charge in [-0.05, 0) is 40.9 Å². The largest absolute Gasteiger partial charge is 0.337 e. The van der Waals surface area contributed by atoms with Gasteiger partial charge in [0.1, 0.15) is 5.82 Å². The number of aryl methyl sites for hydroxylation is 1. The van der Waals surface area contributed by atoms with Crippen LogP contribution in [0.15, 0.2) is 36.5 Å². The predicted octanol–water partition coefficient (Wildman–Crippen LogP) is 2.55. The molecule has 1 atom stereocenters. The highest BCUT2D eigenvalue weighted by Gasteiger charge is 2.28. The molecule has 1 aliphatic rings. The van der Waals surface area contributed by atoms with Crippen molar-refractivity contribution in [3.8, 4) is 11.3 Å². The molecule has 0 saturated carbocycles. The van der Waals surface area contributed by atoms with Gasteiger partial charge >= 0.3 is 0 Å². The van der Waals surface area contributed by atoms with Crippen molar-refractivity contribution in [2.75, 3.05) is 47.3 Å². The van der Waals surface area contributed by atoms with Crippen molar-refractivity contribution >= 4 is 5.91 Å². The predicted molar refractivity (Wildman–Crippen MR) is 112 cm³/mol. The molecule has 2 heterocycles. The van der Waals surface area contributed by atoms with E-state index >= 15 is 0 Å². The minimum Gasteiger partial charge on any atom is -0.337 e. The quantitative estimate of drug-likeness (QED) is 0.770. The summed E-state index contributed by atoms with van der Waals surface area (Å²) < 4.78 is 0. The molecule has 1 aliphatic heterocycles. The van der Waals surface area contributed by atoms with Crippen molar-refractivity contribution in [2.45, 2.75) is 25.8 Å². The summed E-state index contributed by atoms with van der Waals surface area (Å²) in [5.74, 6) is 0.708. The fraction of sp³-hybridized carbons (Fsp3) is 0.500. The normalized spacial score (nSPS) is 17.4. The summed E-state index contributed by atoms with van der Waals surface area (Å²) in [6.07, 6.45) is 3.84. The molecule has 1 fully saturated rings. The van der Waals surface area contributed by atoms with Crippen LogP contribution in [0.2, 0.25) is 0 Å². The van der Waals surface area contributed by atoms with Crippen molar-refractivity contribution in [2.24, 2.45) is 0 Å². The lowest BCUT2D eigenvalue weighted by Crippen LogP contribution is -2.49. The average Bonchev–Trinajstić information content (AvgIpc) is 2.72. The number of amides is 1. The highest BCUT2D eigenvalue weighted by Crippen LogP contribution is 2.24. The van der Waals surface area contributed by atoms with Gasteiger partial charge in [-0.2, -0.15) is 0 Å². The van der Waals surface area contributed by atoms with Crippen molar-refractivity contribution in [1.82, 2.24) is 24.7 Å². The number of hydrogen-bond donors (Lipinski definition) is 0. The lowest BCUT2D eigenvalue weighted by molar-refractivity contribution is 0.0603. The van der Waals surface area contributed by atoms with E-state index < -0.39 is 0 Å². The van der Waals surface area contributed by atoms with Crippen LogP contribution in [-0.4, -0.2) is 83.9 Å². The number of carbonyl (C=O) groups excluding carboxylic acids is 1. The van der Waals surface area contributed by atoms with Crippen LogP contribution in [0.4, 0.5) is 0 Å². The first-order chi connectivity index (χ1) is 13.5. The minimum atomic E-state index is 0.0320. The number of rotatable bonds is 6. The molecule has 3 rings (SSSR count). The number of likely N-dealkylation sites (tertiary alicyclic amines) is 1. The van der Waals surface area contributed by atoms with E-state index in [2.05, 4.69) is 40.9 Å². The van der Waals surface area contributed by atoms with E-state index in [1.54, 1.807) is 6.20 Å². The number of likely N-dealkylation sites (N-methyl/N-ethyl adjacent to an activating group) is 2. The van der Waals surface area contributed by atoms with Crippen LogP contribution in [0, 0.1) is 6.92 Å². The standard InChI is InChI=1S/C22H31N5O/c1-17-23-15-20(21(24-17)18-9-6-5-7-10-18)22(28)27-12-8-11-19(16-27)26(4)14-13-25(2)3/h5-7,9-10,15,19H,8,11-14,16H2,1-4H3/t19-/m1/s1. The first kappa shape index (κ1) is 20.4. The van der Waals surface area contributed by atoms with Gasteiger partial charge in [-0.1, -0.05) is 30.3 Å². The Balaban J connectivity index is 1.78. The smallest absolute Gasteiger partial charge is 0.257 e. The van der Waals surface area contributed by atoms with Crippen LogP contribution < -0.4 is 0 Å². The Morgan fingerprint density at radius 3 is 2.64 bits per heavy atom. The van der Waals surface area contributed by atoms with E-state index in [9.17, 15) is 4.79 Å². The molecule has 28 heavy (non-hydrogen) atoms. The molecule has 6 heteroatoms. The number of nitrogens with zero attached hydrogens (tertiary/aromatic N) is 5. The molecule has 0 radical (unpaired) electrons. The molecule has 1 aromatic carbocycles. The van der Waals surface area contributed by atoms with Gasteiger partial charge in [0, 0.05) is 44.0 Å². The van der Waals surface area contributed by atoms with Gasteiger partial charge in [0.15, 0.2) is 0 Å². The zero-order valence-electron chi connectivity index (χ0n) is 17.4. The van der Waals surface area contributed by atoms with Crippen LogP contribution in [0.3, 0.4) is 0 Å². The third kappa shape index (κ3) is 4.94. The summed E-state index contributed by atoms with van der Waals surface area (Å²) in [5.41, 5.74) is 2.27. The van der Waals surface area contributed by atoms with E-state index in [-0.39, 0.29) is 5.91 Å². The van der Waals surface area contributed by atoms with E-state index in [0.29, 0.717) is 17.4 Å². The van der Waals surface area contributed by atoms with Crippen molar-refractivity contribution < 1.29 is 4.79 Å². The third-order valence-electron chi connectivity index (χ3n) is 5.39. The Kier molecular flexibility index (Phi) is 6.75. The molecule has 0 N–H and O–H groups in total. The van der Waals surface area contributed by atoms with Gasteiger partial charge in [0.05, 0.1) is 11.3 Å². The molecular weight excluding hydrogens is 350 g/mol. The summed E-state index contributed by atoms with van der Waals surface area (Å²) in [7, 11) is 6.34. The molecular formula is C22H31N5O. The van der Waals surface area contributed by atoms with Crippen LogP contribution in [0.25, 0.3) is 11.3 Å². The molecule has 2 aromatic rings. The lowest BCUT2D eigenvalue weighted by Gasteiger charge is -2.38. The molecule has 1 amide bonds. The van der Waals surface area contributed by atoms with Crippen molar-refractivity contribution in [3.05, 3.63) is 47.9 Å². The minimum absolute atomic E-state index is 0.0320. The second-order valence-corrected chi connectivity index (χ2v) is 7.88. The summed E-state index contributed by atoms with van der Waals surface area (Å²) in [4.78, 5) is 28.8. The Bertz CT molecular complexity index is 793. The summed E-state index contributed by atoms with van der Waals surface area (Å²) in [6.45, 7) is 5.43. The van der Waals surface area contributed by atoms with Gasteiger partial charge in [-0.15, -0.1) is 0 Å². The van der Waals surface area contributed by atoms with Gasteiger partial charge in [0.25, 0.3) is 5.91 Å². The Hall–Kier alpha value is -2.31. The van der Waals surface area contributed by atoms with Crippen LogP contribution in [0.5, 0.6) is 0 Å². The second kappa shape index (κ2) is 9.26. The molecule has 1 aromatic heterocycles. The van der Waals surface area contributed by atoms with Crippen LogP contribution in [0.1, 0.15) is 29.0 Å². The maximum Gasteiger partial charge on any atom is 0.257 e. The van der Waals surface area contributed by atoms with E-state index in [1.165, 1.54) is 0 Å². The van der Waals surface area contributed by atoms with Gasteiger partial charge < -0.3 is 14.7 Å².